The van der Waals surface area contributed by atoms with Crippen LogP contribution in [0.3, 0.4) is 0 Å². The van der Waals surface area contributed by atoms with Crippen LogP contribution in [0.4, 0.5) is 9.59 Å². The second-order valence-electron chi connectivity index (χ2n) is 9.65. The molecular weight excluding hydrogens is 438 g/mol. The largest absolute Gasteiger partial charge is 0.445 e. The molecule has 1 aliphatic heterocycles. The van der Waals surface area contributed by atoms with Crippen molar-refractivity contribution in [3.8, 4) is 0 Å². The fraction of sp³-hybridized carbons (Fsp3) is 0.640. The second-order valence-corrected chi connectivity index (χ2v) is 9.65. The average molecular weight is 478 g/mol. The molecule has 3 atom stereocenters. The second kappa shape index (κ2) is 13.2. The molecule has 2 rings (SSSR count). The zero-order chi connectivity index (χ0) is 25.1. The lowest BCUT2D eigenvalue weighted by Gasteiger charge is -2.27. The number of nitrogens with one attached hydrogen (secondary N) is 2. The van der Waals surface area contributed by atoms with Crippen LogP contribution < -0.4 is 10.6 Å². The van der Waals surface area contributed by atoms with Gasteiger partial charge in [-0.1, -0.05) is 50.1 Å². The van der Waals surface area contributed by atoms with Crippen molar-refractivity contribution in [1.29, 1.82) is 0 Å². The van der Waals surface area contributed by atoms with Crippen LogP contribution in [0.1, 0.15) is 65.4 Å². The van der Waals surface area contributed by atoms with Crippen molar-refractivity contribution in [2.45, 2.75) is 90.2 Å². The normalized spacial score (nSPS) is 19.5. The van der Waals surface area contributed by atoms with Crippen molar-refractivity contribution in [1.82, 2.24) is 15.5 Å². The smallest absolute Gasteiger partial charge is 0.410 e. The van der Waals surface area contributed by atoms with Gasteiger partial charge in [0, 0.05) is 6.54 Å². The molecule has 1 heterocycles. The number of amides is 3. The van der Waals surface area contributed by atoms with Gasteiger partial charge in [-0.25, -0.2) is 9.59 Å². The lowest BCUT2D eigenvalue weighted by atomic mass is 10.0. The lowest BCUT2D eigenvalue weighted by Crippen LogP contribution is -2.54. The Morgan fingerprint density at radius 2 is 1.91 bits per heavy atom. The Morgan fingerprint density at radius 3 is 2.56 bits per heavy atom. The van der Waals surface area contributed by atoms with E-state index in [-0.39, 0.29) is 19.1 Å². The number of likely N-dealkylation sites (tertiary alicyclic amines) is 1. The van der Waals surface area contributed by atoms with Crippen LogP contribution >= 0.6 is 0 Å². The number of aliphatic hydroxyl groups excluding tert-OH is 1. The van der Waals surface area contributed by atoms with Gasteiger partial charge in [-0.3, -0.25) is 4.79 Å². The number of hydrogen-bond acceptors (Lipinski definition) is 6. The fourth-order valence-electron chi connectivity index (χ4n) is 3.69. The number of β-amino-alcohol motifs (C(OH)–C–C–N with tert-alkyl or cyclic N) is 1. The maximum Gasteiger partial charge on any atom is 0.410 e. The van der Waals surface area contributed by atoms with Gasteiger partial charge < -0.3 is 30.1 Å². The zero-order valence-electron chi connectivity index (χ0n) is 20.7. The summed E-state index contributed by atoms with van der Waals surface area (Å²) in [6.07, 6.45) is 1.07. The SMILES string of the molecule is CCCC[C@H](NC(=O)OC(C)(C)C)C(=O)NC1CCCN(C(=O)OCc2ccccc2)CC1O. The zero-order valence-corrected chi connectivity index (χ0v) is 20.7. The molecule has 1 aromatic rings. The molecule has 3 amide bonds. The van der Waals surface area contributed by atoms with Crippen molar-refractivity contribution in [2.24, 2.45) is 0 Å². The van der Waals surface area contributed by atoms with Gasteiger partial charge in [-0.05, 0) is 45.6 Å². The number of hydrogen-bond donors (Lipinski definition) is 3. The molecule has 9 heteroatoms. The van der Waals surface area contributed by atoms with Crippen molar-refractivity contribution >= 4 is 18.1 Å². The molecule has 9 nitrogen and oxygen atoms in total. The molecule has 1 aromatic carbocycles. The molecule has 1 aliphatic rings. The summed E-state index contributed by atoms with van der Waals surface area (Å²) in [5.74, 6) is -0.372. The number of nitrogens with zero attached hydrogens (tertiary/aromatic N) is 1. The van der Waals surface area contributed by atoms with E-state index < -0.39 is 36.0 Å². The highest BCUT2D eigenvalue weighted by Crippen LogP contribution is 2.15. The molecule has 0 aliphatic carbocycles. The first-order valence-corrected chi connectivity index (χ1v) is 12.0. The predicted molar refractivity (Wildman–Crippen MR) is 128 cm³/mol. The van der Waals surface area contributed by atoms with Crippen molar-refractivity contribution in [3.63, 3.8) is 0 Å². The first-order chi connectivity index (χ1) is 16.1. The highest BCUT2D eigenvalue weighted by atomic mass is 16.6. The van der Waals surface area contributed by atoms with Crippen LogP contribution in [0.25, 0.3) is 0 Å². The molecule has 0 bridgehead atoms. The van der Waals surface area contributed by atoms with Gasteiger partial charge in [0.2, 0.25) is 5.91 Å². The minimum absolute atomic E-state index is 0.0533. The van der Waals surface area contributed by atoms with Crippen molar-refractivity contribution in [2.75, 3.05) is 13.1 Å². The van der Waals surface area contributed by atoms with Crippen LogP contribution in [0.15, 0.2) is 30.3 Å². The van der Waals surface area contributed by atoms with E-state index >= 15 is 0 Å². The molecule has 1 fully saturated rings. The number of unbranched alkanes of at least 4 members (excludes halogenated alkanes) is 1. The average Bonchev–Trinajstić information content (AvgIpc) is 2.95. The summed E-state index contributed by atoms with van der Waals surface area (Å²) in [5.41, 5.74) is 0.207. The van der Waals surface area contributed by atoms with Gasteiger partial charge in [0.05, 0.1) is 18.7 Å². The summed E-state index contributed by atoms with van der Waals surface area (Å²) in [6, 6.07) is 8.07. The monoisotopic (exact) mass is 477 g/mol. The van der Waals surface area contributed by atoms with E-state index in [4.69, 9.17) is 9.47 Å². The van der Waals surface area contributed by atoms with E-state index in [0.717, 1.165) is 18.4 Å². The minimum Gasteiger partial charge on any atom is -0.445 e. The molecule has 0 radical (unpaired) electrons. The third-order valence-corrected chi connectivity index (χ3v) is 5.46. The molecule has 3 N–H and O–H groups in total. The Hall–Kier alpha value is -2.81. The van der Waals surface area contributed by atoms with E-state index in [0.29, 0.717) is 25.8 Å². The van der Waals surface area contributed by atoms with Gasteiger partial charge in [0.1, 0.15) is 18.2 Å². The highest BCUT2D eigenvalue weighted by molar-refractivity contribution is 5.86. The topological polar surface area (TPSA) is 117 Å². The van der Waals surface area contributed by atoms with Gasteiger partial charge in [0.25, 0.3) is 0 Å². The lowest BCUT2D eigenvalue weighted by molar-refractivity contribution is -0.125. The van der Waals surface area contributed by atoms with Crippen molar-refractivity contribution < 1.29 is 29.0 Å². The number of rotatable bonds is 8. The number of alkyl carbamates (subject to hydrolysis) is 1. The summed E-state index contributed by atoms with van der Waals surface area (Å²) in [4.78, 5) is 39.1. The number of ether oxygens (including phenoxy) is 2. The van der Waals surface area contributed by atoms with Crippen LogP contribution in [-0.2, 0) is 20.9 Å². The summed E-state index contributed by atoms with van der Waals surface area (Å²) in [5, 5.41) is 16.2. The van der Waals surface area contributed by atoms with Crippen LogP contribution in [0.2, 0.25) is 0 Å². The maximum absolute atomic E-state index is 13.0. The summed E-state index contributed by atoms with van der Waals surface area (Å²) < 4.78 is 10.7. The summed E-state index contributed by atoms with van der Waals surface area (Å²) in [7, 11) is 0. The Bertz CT molecular complexity index is 796. The third kappa shape index (κ3) is 9.59. The Balaban J connectivity index is 1.92. The number of aliphatic hydroxyl groups is 1. The number of carbonyl (C=O) groups is 3. The minimum atomic E-state index is -0.955. The fourth-order valence-corrected chi connectivity index (χ4v) is 3.69. The molecule has 0 aromatic heterocycles. The molecule has 190 valence electrons. The Kier molecular flexibility index (Phi) is 10.6. The summed E-state index contributed by atoms with van der Waals surface area (Å²) in [6.45, 7) is 7.90. The first-order valence-electron chi connectivity index (χ1n) is 12.0. The first kappa shape index (κ1) is 27.4. The quantitative estimate of drug-likeness (QED) is 0.529. The molecular formula is C25H39N3O6. The van der Waals surface area contributed by atoms with Crippen LogP contribution in [-0.4, -0.2) is 65.0 Å². The molecule has 1 saturated heterocycles. The van der Waals surface area contributed by atoms with E-state index in [1.807, 2.05) is 37.3 Å². The molecule has 34 heavy (non-hydrogen) atoms. The van der Waals surface area contributed by atoms with Gasteiger partial charge >= 0.3 is 12.2 Å². The van der Waals surface area contributed by atoms with Crippen LogP contribution in [0.5, 0.6) is 0 Å². The Morgan fingerprint density at radius 1 is 1.21 bits per heavy atom. The predicted octanol–water partition coefficient (Wildman–Crippen LogP) is 3.35. The Labute approximate surface area is 202 Å². The van der Waals surface area contributed by atoms with Crippen molar-refractivity contribution in [3.05, 3.63) is 35.9 Å². The van der Waals surface area contributed by atoms with E-state index in [1.54, 1.807) is 20.8 Å². The number of carbonyl (C=O) groups excluding carboxylic acids is 3. The van der Waals surface area contributed by atoms with E-state index in [1.165, 1.54) is 4.90 Å². The van der Waals surface area contributed by atoms with Gasteiger partial charge in [-0.2, -0.15) is 0 Å². The third-order valence-electron chi connectivity index (χ3n) is 5.46. The summed E-state index contributed by atoms with van der Waals surface area (Å²) >= 11 is 0. The maximum atomic E-state index is 13.0. The molecule has 0 saturated carbocycles. The molecule has 2 unspecified atom stereocenters. The molecule has 0 spiro atoms. The van der Waals surface area contributed by atoms with Gasteiger partial charge in [0.15, 0.2) is 0 Å². The van der Waals surface area contributed by atoms with Crippen LogP contribution in [0, 0.1) is 0 Å². The van der Waals surface area contributed by atoms with E-state index in [9.17, 15) is 19.5 Å². The number of benzene rings is 1. The van der Waals surface area contributed by atoms with E-state index in [2.05, 4.69) is 10.6 Å². The van der Waals surface area contributed by atoms with Gasteiger partial charge in [-0.15, -0.1) is 0 Å². The standard InChI is InChI=1S/C25H39N3O6/c1-5-6-13-20(27-23(31)34-25(2,3)4)22(30)26-19-14-10-15-28(16-21(19)29)24(32)33-17-18-11-8-7-9-12-18/h7-9,11-12,19-21,29H,5-6,10,13-17H2,1-4H3,(H,26,30)(H,27,31)/t19?,20-,21?/m0/s1. The highest BCUT2D eigenvalue weighted by Gasteiger charge is 2.32.